The van der Waals surface area contributed by atoms with E-state index in [-0.39, 0.29) is 17.9 Å². The molecule has 2 amide bonds. The van der Waals surface area contributed by atoms with Gasteiger partial charge in [-0.05, 0) is 24.0 Å². The first-order chi connectivity index (χ1) is 11.1. The first kappa shape index (κ1) is 16.0. The topological polar surface area (TPSA) is 69.6 Å². The van der Waals surface area contributed by atoms with Crippen LogP contribution in [0.25, 0.3) is 0 Å². The number of nitrogens with one attached hydrogen (secondary N) is 1. The van der Waals surface area contributed by atoms with Crippen LogP contribution in [-0.4, -0.2) is 40.0 Å². The smallest absolute Gasteiger partial charge is 0.243 e. The van der Waals surface area contributed by atoms with Crippen molar-refractivity contribution in [2.75, 3.05) is 0 Å². The lowest BCUT2D eigenvalue weighted by Crippen LogP contribution is -2.56. The minimum Gasteiger partial charge on any atom is -0.391 e. The summed E-state index contributed by atoms with van der Waals surface area (Å²) in [6.07, 6.45) is 3.61. The minimum absolute atomic E-state index is 0.0937. The second-order valence-corrected chi connectivity index (χ2v) is 6.60. The molecule has 0 bridgehead atoms. The normalized spacial score (nSPS) is 27.2. The summed E-state index contributed by atoms with van der Waals surface area (Å²) in [6, 6.07) is 7.25. The van der Waals surface area contributed by atoms with Crippen LogP contribution in [0.2, 0.25) is 0 Å². The van der Waals surface area contributed by atoms with Gasteiger partial charge >= 0.3 is 0 Å². The first-order valence-corrected chi connectivity index (χ1v) is 8.38. The molecule has 1 saturated carbocycles. The second kappa shape index (κ2) is 6.71. The van der Waals surface area contributed by atoms with E-state index in [4.69, 9.17) is 0 Å². The number of aliphatic hydroxyl groups excluding tert-OH is 1. The van der Waals surface area contributed by atoms with E-state index in [2.05, 4.69) is 5.32 Å². The van der Waals surface area contributed by atoms with E-state index < -0.39 is 12.1 Å². The highest BCUT2D eigenvalue weighted by Crippen LogP contribution is 2.24. The van der Waals surface area contributed by atoms with Crippen molar-refractivity contribution in [2.45, 2.75) is 63.8 Å². The highest BCUT2D eigenvalue weighted by molar-refractivity contribution is 5.88. The Balaban J connectivity index is 1.76. The van der Waals surface area contributed by atoms with Crippen molar-refractivity contribution in [3.8, 4) is 0 Å². The fourth-order valence-electron chi connectivity index (χ4n) is 3.65. The third-order valence-corrected chi connectivity index (χ3v) is 5.01. The molecule has 3 atom stereocenters. The van der Waals surface area contributed by atoms with Crippen LogP contribution in [0.5, 0.6) is 0 Å². The quantitative estimate of drug-likeness (QED) is 0.866. The Labute approximate surface area is 136 Å². The van der Waals surface area contributed by atoms with Crippen molar-refractivity contribution in [3.63, 3.8) is 0 Å². The summed E-state index contributed by atoms with van der Waals surface area (Å²) < 4.78 is 0. The Morgan fingerprint density at radius 1 is 1.17 bits per heavy atom. The molecule has 1 aliphatic carbocycles. The van der Waals surface area contributed by atoms with E-state index in [1.54, 1.807) is 4.90 Å². The molecule has 124 valence electrons. The van der Waals surface area contributed by atoms with Gasteiger partial charge in [0, 0.05) is 19.9 Å². The van der Waals surface area contributed by atoms with Crippen LogP contribution in [0, 0.1) is 0 Å². The second-order valence-electron chi connectivity index (χ2n) is 6.60. The van der Waals surface area contributed by atoms with E-state index in [0.29, 0.717) is 13.0 Å². The summed E-state index contributed by atoms with van der Waals surface area (Å²) in [7, 11) is 0. The lowest BCUT2D eigenvalue weighted by Gasteiger charge is -2.37. The van der Waals surface area contributed by atoms with Gasteiger partial charge < -0.3 is 15.3 Å². The summed E-state index contributed by atoms with van der Waals surface area (Å²) in [6.45, 7) is 1.97. The number of carbonyl (C=O) groups is 2. The molecule has 1 fully saturated rings. The number of fused-ring (bicyclic) bond motifs is 1. The molecule has 3 rings (SSSR count). The highest BCUT2D eigenvalue weighted by Gasteiger charge is 2.35. The Bertz CT molecular complexity index is 602. The van der Waals surface area contributed by atoms with Gasteiger partial charge in [0.05, 0.1) is 12.1 Å². The van der Waals surface area contributed by atoms with Crippen molar-refractivity contribution in [2.24, 2.45) is 0 Å². The van der Waals surface area contributed by atoms with Gasteiger partial charge in [-0.1, -0.05) is 37.1 Å². The van der Waals surface area contributed by atoms with Crippen molar-refractivity contribution in [1.82, 2.24) is 10.2 Å². The van der Waals surface area contributed by atoms with Crippen molar-refractivity contribution in [1.29, 1.82) is 0 Å². The number of benzene rings is 1. The maximum atomic E-state index is 12.7. The average molecular weight is 316 g/mol. The van der Waals surface area contributed by atoms with Gasteiger partial charge in [-0.15, -0.1) is 0 Å². The van der Waals surface area contributed by atoms with Crippen LogP contribution < -0.4 is 5.32 Å². The molecule has 0 saturated heterocycles. The molecular formula is C18H24N2O3. The maximum absolute atomic E-state index is 12.7. The molecular weight excluding hydrogens is 292 g/mol. The van der Waals surface area contributed by atoms with Crippen LogP contribution in [0.3, 0.4) is 0 Å². The zero-order valence-electron chi connectivity index (χ0n) is 13.5. The van der Waals surface area contributed by atoms with Gasteiger partial charge in [0.25, 0.3) is 0 Å². The largest absolute Gasteiger partial charge is 0.391 e. The SMILES string of the molecule is CC(=O)N1Cc2ccccc2CC1C(=O)NC1CCCCC1O. The summed E-state index contributed by atoms with van der Waals surface area (Å²) >= 11 is 0. The van der Waals surface area contributed by atoms with Gasteiger partial charge in [0.2, 0.25) is 11.8 Å². The predicted molar refractivity (Wildman–Crippen MR) is 86.6 cm³/mol. The molecule has 1 heterocycles. The van der Waals surface area contributed by atoms with Crippen molar-refractivity contribution < 1.29 is 14.7 Å². The standard InChI is InChI=1S/C18H24N2O3/c1-12(21)20-11-14-7-3-2-6-13(14)10-16(20)18(23)19-15-8-4-5-9-17(15)22/h2-3,6-7,15-17,22H,4-5,8-11H2,1H3,(H,19,23). The lowest BCUT2D eigenvalue weighted by molar-refractivity contribution is -0.141. The van der Waals surface area contributed by atoms with Crippen molar-refractivity contribution >= 4 is 11.8 Å². The van der Waals surface area contributed by atoms with E-state index in [1.807, 2.05) is 24.3 Å². The molecule has 23 heavy (non-hydrogen) atoms. The summed E-state index contributed by atoms with van der Waals surface area (Å²) in [5.74, 6) is -0.246. The third kappa shape index (κ3) is 3.39. The highest BCUT2D eigenvalue weighted by atomic mass is 16.3. The first-order valence-electron chi connectivity index (χ1n) is 8.38. The number of nitrogens with zero attached hydrogens (tertiary/aromatic N) is 1. The summed E-state index contributed by atoms with van der Waals surface area (Å²) in [5.41, 5.74) is 2.22. The Kier molecular flexibility index (Phi) is 4.66. The number of hydrogen-bond donors (Lipinski definition) is 2. The van der Waals surface area contributed by atoms with Gasteiger partial charge in [0.15, 0.2) is 0 Å². The van der Waals surface area contributed by atoms with Crippen LogP contribution in [-0.2, 0) is 22.6 Å². The molecule has 2 aliphatic rings. The zero-order chi connectivity index (χ0) is 16.4. The number of aliphatic hydroxyl groups is 1. The lowest BCUT2D eigenvalue weighted by atomic mass is 9.90. The number of amides is 2. The molecule has 1 aromatic carbocycles. The molecule has 1 aromatic rings. The third-order valence-electron chi connectivity index (χ3n) is 5.01. The van der Waals surface area contributed by atoms with Crippen molar-refractivity contribution in [3.05, 3.63) is 35.4 Å². The van der Waals surface area contributed by atoms with Gasteiger partial charge in [-0.25, -0.2) is 0 Å². The Hall–Kier alpha value is -1.88. The molecule has 0 radical (unpaired) electrons. The monoisotopic (exact) mass is 316 g/mol. The van der Waals surface area contributed by atoms with Gasteiger partial charge in [-0.3, -0.25) is 9.59 Å². The van der Waals surface area contributed by atoms with Crippen LogP contribution in [0.15, 0.2) is 24.3 Å². The average Bonchev–Trinajstić information content (AvgIpc) is 2.55. The molecule has 5 heteroatoms. The number of rotatable bonds is 2. The molecule has 5 nitrogen and oxygen atoms in total. The van der Waals surface area contributed by atoms with E-state index in [0.717, 1.165) is 36.8 Å². The van der Waals surface area contributed by atoms with Crippen LogP contribution in [0.4, 0.5) is 0 Å². The number of hydrogen-bond acceptors (Lipinski definition) is 3. The predicted octanol–water partition coefficient (Wildman–Crippen LogP) is 1.38. The molecule has 0 spiro atoms. The zero-order valence-corrected chi connectivity index (χ0v) is 13.5. The molecule has 3 unspecified atom stereocenters. The molecule has 2 N–H and O–H groups in total. The molecule has 1 aliphatic heterocycles. The minimum atomic E-state index is -0.489. The number of carbonyl (C=O) groups excluding carboxylic acids is 2. The van der Waals surface area contributed by atoms with E-state index >= 15 is 0 Å². The molecule has 0 aromatic heterocycles. The maximum Gasteiger partial charge on any atom is 0.243 e. The van der Waals surface area contributed by atoms with Gasteiger partial charge in [0.1, 0.15) is 6.04 Å². The summed E-state index contributed by atoms with van der Waals surface area (Å²) in [4.78, 5) is 26.3. The fraction of sp³-hybridized carbons (Fsp3) is 0.556. The van der Waals surface area contributed by atoms with Crippen LogP contribution in [0.1, 0.15) is 43.7 Å². The summed E-state index contributed by atoms with van der Waals surface area (Å²) in [5, 5.41) is 13.0. The fourth-order valence-corrected chi connectivity index (χ4v) is 3.65. The van der Waals surface area contributed by atoms with Crippen LogP contribution >= 0.6 is 0 Å². The Morgan fingerprint density at radius 2 is 1.87 bits per heavy atom. The van der Waals surface area contributed by atoms with E-state index in [1.165, 1.54) is 6.92 Å². The van der Waals surface area contributed by atoms with E-state index in [9.17, 15) is 14.7 Å². The van der Waals surface area contributed by atoms with Gasteiger partial charge in [-0.2, -0.15) is 0 Å². The Morgan fingerprint density at radius 3 is 2.57 bits per heavy atom.